The lowest BCUT2D eigenvalue weighted by molar-refractivity contribution is -0.119. The summed E-state index contributed by atoms with van der Waals surface area (Å²) in [5.41, 5.74) is 7.36. The van der Waals surface area contributed by atoms with E-state index in [0.29, 0.717) is 27.0 Å². The molecule has 1 aliphatic heterocycles. The van der Waals surface area contributed by atoms with Crippen molar-refractivity contribution in [1.82, 2.24) is 0 Å². The van der Waals surface area contributed by atoms with E-state index in [0.717, 1.165) is 5.56 Å². The van der Waals surface area contributed by atoms with E-state index in [4.69, 9.17) is 28.9 Å². The molecule has 1 unspecified atom stereocenters. The largest absolute Gasteiger partial charge is 0.478 e. The topological polar surface area (TPSA) is 104 Å². The van der Waals surface area contributed by atoms with Crippen LogP contribution in [0.25, 0.3) is 0 Å². The van der Waals surface area contributed by atoms with Crippen molar-refractivity contribution in [2.45, 2.75) is 18.0 Å². The fraction of sp³-hybridized carbons (Fsp3) is 0.130. The highest BCUT2D eigenvalue weighted by Gasteiger charge is 2.44. The number of hydrogen-bond acceptors (Lipinski definition) is 4. The van der Waals surface area contributed by atoms with Crippen molar-refractivity contribution >= 4 is 46.5 Å². The van der Waals surface area contributed by atoms with E-state index >= 15 is 0 Å². The second-order valence-electron chi connectivity index (χ2n) is 7.39. The van der Waals surface area contributed by atoms with Gasteiger partial charge in [-0.05, 0) is 35.9 Å². The molecule has 1 amide bonds. The predicted octanol–water partition coefficient (Wildman–Crippen LogP) is 5.04. The minimum atomic E-state index is -1.09. The summed E-state index contributed by atoms with van der Waals surface area (Å²) in [4.78, 5) is 23.9. The molecule has 0 saturated heterocycles. The van der Waals surface area contributed by atoms with Crippen LogP contribution >= 0.6 is 23.2 Å². The molecule has 0 bridgehead atoms. The smallest absolute Gasteiger partial charge is 0.335 e. The molecular formula is C23H19Cl2N3O3. The zero-order valence-corrected chi connectivity index (χ0v) is 17.7. The molecule has 0 saturated carbocycles. The van der Waals surface area contributed by atoms with Crippen LogP contribution in [0.15, 0.2) is 66.7 Å². The van der Waals surface area contributed by atoms with Gasteiger partial charge in [-0.1, -0.05) is 59.6 Å². The summed E-state index contributed by atoms with van der Waals surface area (Å²) in [5.74, 6) is -2.21. The summed E-state index contributed by atoms with van der Waals surface area (Å²) in [5, 5.41) is 16.9. The molecule has 31 heavy (non-hydrogen) atoms. The van der Waals surface area contributed by atoms with Crippen molar-refractivity contribution in [3.05, 3.63) is 93.5 Å². The molecule has 0 spiro atoms. The van der Waals surface area contributed by atoms with Crippen LogP contribution < -0.4 is 16.4 Å². The molecule has 8 heteroatoms. The van der Waals surface area contributed by atoms with Gasteiger partial charge in [-0.3, -0.25) is 4.79 Å². The van der Waals surface area contributed by atoms with Crippen LogP contribution in [0, 0.1) is 0 Å². The molecule has 5 N–H and O–H groups in total. The Hall–Kier alpha value is -3.22. The van der Waals surface area contributed by atoms with Crippen LogP contribution in [0.4, 0.5) is 11.4 Å². The molecule has 158 valence electrons. The number of fused-ring (bicyclic) bond motifs is 1. The number of rotatable bonds is 6. The van der Waals surface area contributed by atoms with Gasteiger partial charge in [-0.2, -0.15) is 0 Å². The molecule has 0 aliphatic carbocycles. The van der Waals surface area contributed by atoms with Crippen LogP contribution in [0.3, 0.4) is 0 Å². The lowest BCUT2D eigenvalue weighted by Crippen LogP contribution is -2.43. The molecule has 0 aromatic heterocycles. The molecule has 1 aliphatic rings. The number of amides is 1. The first kappa shape index (κ1) is 21.0. The van der Waals surface area contributed by atoms with Gasteiger partial charge < -0.3 is 21.5 Å². The van der Waals surface area contributed by atoms with E-state index in [2.05, 4.69) is 10.6 Å². The Morgan fingerprint density at radius 1 is 0.935 bits per heavy atom. The number of nitrogens with one attached hydrogen (secondary N) is 2. The first-order valence-corrected chi connectivity index (χ1v) is 10.3. The van der Waals surface area contributed by atoms with Gasteiger partial charge in [0.15, 0.2) is 0 Å². The highest BCUT2D eigenvalue weighted by Crippen LogP contribution is 2.48. The number of carboxylic acid groups (broad SMARTS) is 1. The predicted molar refractivity (Wildman–Crippen MR) is 122 cm³/mol. The van der Waals surface area contributed by atoms with Crippen LogP contribution in [0.1, 0.15) is 33.8 Å². The van der Waals surface area contributed by atoms with Gasteiger partial charge in [0, 0.05) is 22.0 Å². The van der Waals surface area contributed by atoms with Gasteiger partial charge in [0.05, 0.1) is 22.9 Å². The molecule has 0 radical (unpaired) electrons. The van der Waals surface area contributed by atoms with E-state index in [1.807, 2.05) is 30.3 Å². The van der Waals surface area contributed by atoms with Gasteiger partial charge in [0.25, 0.3) is 0 Å². The third kappa shape index (κ3) is 3.92. The van der Waals surface area contributed by atoms with Gasteiger partial charge in [-0.25, -0.2) is 4.79 Å². The number of anilines is 2. The number of carboxylic acids is 1. The van der Waals surface area contributed by atoms with E-state index in [-0.39, 0.29) is 12.0 Å². The van der Waals surface area contributed by atoms with Crippen molar-refractivity contribution in [3.63, 3.8) is 0 Å². The van der Waals surface area contributed by atoms with E-state index < -0.39 is 23.5 Å². The van der Waals surface area contributed by atoms with Crippen molar-refractivity contribution < 1.29 is 14.7 Å². The number of primary amides is 1. The van der Waals surface area contributed by atoms with Crippen molar-refractivity contribution in [2.24, 2.45) is 5.73 Å². The number of halogens is 2. The maximum absolute atomic E-state index is 12.5. The number of carbonyl (C=O) groups excluding carboxylic acids is 1. The first-order chi connectivity index (χ1) is 14.8. The molecule has 0 fully saturated rings. The average molecular weight is 456 g/mol. The van der Waals surface area contributed by atoms with E-state index in [9.17, 15) is 14.7 Å². The Morgan fingerprint density at radius 3 is 2.19 bits per heavy atom. The van der Waals surface area contributed by atoms with Gasteiger partial charge >= 0.3 is 5.97 Å². The van der Waals surface area contributed by atoms with Gasteiger partial charge in [0.1, 0.15) is 5.66 Å². The van der Waals surface area contributed by atoms with E-state index in [1.54, 1.807) is 24.3 Å². The van der Waals surface area contributed by atoms with Crippen LogP contribution in [0.5, 0.6) is 0 Å². The third-order valence-electron chi connectivity index (χ3n) is 5.41. The summed E-state index contributed by atoms with van der Waals surface area (Å²) in [6.45, 7) is 0. The lowest BCUT2D eigenvalue weighted by atomic mass is 9.84. The minimum Gasteiger partial charge on any atom is -0.478 e. The van der Waals surface area contributed by atoms with Crippen molar-refractivity contribution in [1.29, 1.82) is 0 Å². The zero-order valence-electron chi connectivity index (χ0n) is 16.2. The fourth-order valence-corrected chi connectivity index (χ4v) is 4.71. The first-order valence-electron chi connectivity index (χ1n) is 9.53. The molecule has 6 nitrogen and oxygen atoms in total. The Morgan fingerprint density at radius 2 is 1.58 bits per heavy atom. The van der Waals surface area contributed by atoms with Gasteiger partial charge in [-0.15, -0.1) is 0 Å². The summed E-state index contributed by atoms with van der Waals surface area (Å²) in [6, 6.07) is 19.1. The second-order valence-corrected chi connectivity index (χ2v) is 8.20. The number of nitrogens with two attached hydrogens (primary N) is 1. The number of benzene rings is 3. The lowest BCUT2D eigenvalue weighted by Gasteiger charge is -2.35. The summed E-state index contributed by atoms with van der Waals surface area (Å²) >= 11 is 13.1. The van der Waals surface area contributed by atoms with Crippen molar-refractivity contribution in [3.8, 4) is 0 Å². The monoisotopic (exact) mass is 455 g/mol. The minimum absolute atomic E-state index is 0.128. The third-order valence-corrected chi connectivity index (χ3v) is 6.04. The number of aromatic carboxylic acids is 1. The second kappa shape index (κ2) is 8.13. The Labute approximate surface area is 189 Å². The Bertz CT molecular complexity index is 1150. The normalized spacial score (nSPS) is 17.9. The average Bonchev–Trinajstić information content (AvgIpc) is 3.10. The summed E-state index contributed by atoms with van der Waals surface area (Å²) < 4.78 is 0. The molecular weight excluding hydrogens is 437 g/mol. The highest BCUT2D eigenvalue weighted by atomic mass is 35.5. The zero-order chi connectivity index (χ0) is 22.2. The summed E-state index contributed by atoms with van der Waals surface area (Å²) in [7, 11) is 0. The highest BCUT2D eigenvalue weighted by molar-refractivity contribution is 6.36. The standard InChI is InChI=1S/C23H19Cl2N3O3/c24-16-7-4-8-17(25)20(16)23(12-15(21(26)29)13-5-2-1-3-6-13)27-18-10-9-14(22(30)31)11-19(18)28-23/h1-11,15,27-28H,12H2,(H2,26,29)(H,30,31)/t15-,23?/m1/s1. The maximum atomic E-state index is 12.5. The summed E-state index contributed by atoms with van der Waals surface area (Å²) in [6.07, 6.45) is 0.187. The molecule has 1 heterocycles. The molecule has 4 rings (SSSR count). The Balaban J connectivity index is 1.85. The van der Waals surface area contributed by atoms with Crippen LogP contribution in [-0.2, 0) is 10.5 Å². The van der Waals surface area contributed by atoms with E-state index in [1.165, 1.54) is 12.1 Å². The maximum Gasteiger partial charge on any atom is 0.335 e. The SMILES string of the molecule is NC(=O)[C@H](CC1(c2c(Cl)cccc2Cl)Nc2ccc(C(=O)O)cc2N1)c1ccccc1. The molecule has 2 atom stereocenters. The quantitative estimate of drug-likeness (QED) is 0.416. The number of hydrogen-bond donors (Lipinski definition) is 4. The number of carbonyl (C=O) groups is 2. The van der Waals surface area contributed by atoms with Gasteiger partial charge in [0.2, 0.25) is 5.91 Å². The van der Waals surface area contributed by atoms with Crippen LogP contribution in [0.2, 0.25) is 10.0 Å². The molecule has 3 aromatic rings. The molecule has 3 aromatic carbocycles. The van der Waals surface area contributed by atoms with Crippen LogP contribution in [-0.4, -0.2) is 17.0 Å². The fourth-order valence-electron chi connectivity index (χ4n) is 3.99. The van der Waals surface area contributed by atoms with Crippen molar-refractivity contribution in [2.75, 3.05) is 10.6 Å². The Kier molecular flexibility index (Phi) is 5.52.